The van der Waals surface area contributed by atoms with Crippen LogP contribution in [0, 0.1) is 13.8 Å². The van der Waals surface area contributed by atoms with Gasteiger partial charge in [-0.2, -0.15) is 0 Å². The molecule has 0 N–H and O–H groups in total. The lowest BCUT2D eigenvalue weighted by Gasteiger charge is -2.40. The van der Waals surface area contributed by atoms with Gasteiger partial charge in [0.15, 0.2) is 0 Å². The fourth-order valence-electron chi connectivity index (χ4n) is 5.57. The van der Waals surface area contributed by atoms with Gasteiger partial charge in [-0.1, -0.05) is 96.1 Å². The van der Waals surface area contributed by atoms with Crippen molar-refractivity contribution in [1.29, 1.82) is 0 Å². The molecule has 4 aromatic rings. The first kappa shape index (κ1) is 15.9. The molecule has 6 rings (SSSR count). The van der Waals surface area contributed by atoms with Crippen molar-refractivity contribution in [1.82, 2.24) is 0 Å². The molecule has 0 nitrogen and oxygen atoms in total. The highest BCUT2D eigenvalue weighted by Crippen LogP contribution is 2.59. The van der Waals surface area contributed by atoms with Crippen molar-refractivity contribution in [2.45, 2.75) is 25.7 Å². The molecule has 4 aromatic carbocycles. The third kappa shape index (κ3) is 1.85. The predicted molar refractivity (Wildman–Crippen MR) is 116 cm³/mol. The maximum absolute atomic E-state index is 2.38. The van der Waals surface area contributed by atoms with E-state index in [9.17, 15) is 0 Å². The standard InChI is InChI=1S/C28H22/c1-18-11-13-26-22(15-18)23-16-19(2)12-14-27(23)28(26)24-9-5-3-7-20(24)17-21-8-4-6-10-25(21)28/h3-16H,17H2,1-2H3. The van der Waals surface area contributed by atoms with Crippen molar-refractivity contribution in [3.8, 4) is 11.1 Å². The molecule has 28 heavy (non-hydrogen) atoms. The fourth-order valence-corrected chi connectivity index (χ4v) is 5.57. The molecule has 134 valence electrons. The van der Waals surface area contributed by atoms with E-state index >= 15 is 0 Å². The molecule has 0 heterocycles. The molecule has 2 aliphatic carbocycles. The highest BCUT2D eigenvalue weighted by molar-refractivity contribution is 5.88. The van der Waals surface area contributed by atoms with Gasteiger partial charge >= 0.3 is 0 Å². The number of hydrogen-bond donors (Lipinski definition) is 0. The minimum atomic E-state index is -0.211. The van der Waals surface area contributed by atoms with Crippen LogP contribution in [0.5, 0.6) is 0 Å². The molecule has 0 aromatic heterocycles. The van der Waals surface area contributed by atoms with Crippen molar-refractivity contribution >= 4 is 0 Å². The van der Waals surface area contributed by atoms with Crippen molar-refractivity contribution in [2.24, 2.45) is 0 Å². The summed E-state index contributed by atoms with van der Waals surface area (Å²) in [5, 5.41) is 0. The first-order chi connectivity index (χ1) is 13.7. The van der Waals surface area contributed by atoms with E-state index in [4.69, 9.17) is 0 Å². The van der Waals surface area contributed by atoms with Crippen LogP contribution in [0.15, 0.2) is 84.9 Å². The molecule has 0 radical (unpaired) electrons. The lowest BCUT2D eigenvalue weighted by molar-refractivity contribution is 0.721. The average Bonchev–Trinajstić information content (AvgIpc) is 2.98. The Kier molecular flexibility index (Phi) is 3.09. The number of rotatable bonds is 0. The molecule has 1 spiro atoms. The largest absolute Gasteiger partial charge is 0.0719 e. The number of benzene rings is 4. The Hall–Kier alpha value is -3.12. The Morgan fingerprint density at radius 1 is 0.536 bits per heavy atom. The van der Waals surface area contributed by atoms with E-state index in [1.165, 1.54) is 55.6 Å². The quantitative estimate of drug-likeness (QED) is 0.288. The normalized spacial score (nSPS) is 14.9. The Morgan fingerprint density at radius 2 is 1.00 bits per heavy atom. The smallest absolute Gasteiger partial charge is 0.0620 e. The third-order valence-corrected chi connectivity index (χ3v) is 6.67. The van der Waals surface area contributed by atoms with Crippen molar-refractivity contribution in [2.75, 3.05) is 0 Å². The van der Waals surface area contributed by atoms with E-state index in [-0.39, 0.29) is 5.41 Å². The Morgan fingerprint density at radius 3 is 1.50 bits per heavy atom. The van der Waals surface area contributed by atoms with Gasteiger partial charge in [0, 0.05) is 0 Å². The van der Waals surface area contributed by atoms with Crippen molar-refractivity contribution < 1.29 is 0 Å². The van der Waals surface area contributed by atoms with Gasteiger partial charge < -0.3 is 0 Å². The van der Waals surface area contributed by atoms with Crippen LogP contribution >= 0.6 is 0 Å². The van der Waals surface area contributed by atoms with Crippen molar-refractivity contribution in [3.63, 3.8) is 0 Å². The molecule has 0 bridgehead atoms. The van der Waals surface area contributed by atoms with E-state index in [1.54, 1.807) is 0 Å². The van der Waals surface area contributed by atoms with E-state index in [1.807, 2.05) is 0 Å². The number of hydrogen-bond acceptors (Lipinski definition) is 0. The van der Waals surface area contributed by atoms with E-state index in [0.717, 1.165) is 6.42 Å². The van der Waals surface area contributed by atoms with Crippen LogP contribution in [0.3, 0.4) is 0 Å². The molecule has 0 saturated carbocycles. The van der Waals surface area contributed by atoms with Crippen LogP contribution in [0.4, 0.5) is 0 Å². The molecule has 0 atom stereocenters. The summed E-state index contributed by atoms with van der Waals surface area (Å²) < 4.78 is 0. The summed E-state index contributed by atoms with van der Waals surface area (Å²) in [4.78, 5) is 0. The van der Waals surface area contributed by atoms with Gasteiger partial charge in [-0.05, 0) is 64.8 Å². The van der Waals surface area contributed by atoms with Gasteiger partial charge in [0.1, 0.15) is 0 Å². The van der Waals surface area contributed by atoms with Crippen LogP contribution in [-0.4, -0.2) is 0 Å². The number of aryl methyl sites for hydroxylation is 2. The zero-order valence-electron chi connectivity index (χ0n) is 16.3. The summed E-state index contributed by atoms with van der Waals surface area (Å²) in [6, 6.07) is 32.2. The average molecular weight is 358 g/mol. The second-order valence-corrected chi connectivity index (χ2v) is 8.34. The lowest BCUT2D eigenvalue weighted by atomic mass is 9.61. The Labute approximate surface area is 166 Å². The fraction of sp³-hybridized carbons (Fsp3) is 0.143. The van der Waals surface area contributed by atoms with Gasteiger partial charge in [0.2, 0.25) is 0 Å². The van der Waals surface area contributed by atoms with Crippen LogP contribution < -0.4 is 0 Å². The Bertz CT molecular complexity index is 1160. The van der Waals surface area contributed by atoms with E-state index < -0.39 is 0 Å². The summed E-state index contributed by atoms with van der Waals surface area (Å²) in [6.07, 6.45) is 1.01. The molecule has 0 amide bonds. The highest BCUT2D eigenvalue weighted by atomic mass is 14.5. The Balaban J connectivity index is 1.85. The molecular formula is C28H22. The number of fused-ring (bicyclic) bond motifs is 9. The monoisotopic (exact) mass is 358 g/mol. The molecule has 2 aliphatic rings. The predicted octanol–water partition coefficient (Wildman–Crippen LogP) is 6.57. The van der Waals surface area contributed by atoms with Crippen LogP contribution in [0.2, 0.25) is 0 Å². The summed E-state index contributed by atoms with van der Waals surface area (Å²) >= 11 is 0. The second-order valence-electron chi connectivity index (χ2n) is 8.34. The van der Waals surface area contributed by atoms with Gasteiger partial charge in [0.05, 0.1) is 5.41 Å². The van der Waals surface area contributed by atoms with Crippen LogP contribution in [0.25, 0.3) is 11.1 Å². The zero-order chi connectivity index (χ0) is 18.9. The van der Waals surface area contributed by atoms with Gasteiger partial charge in [0.25, 0.3) is 0 Å². The summed E-state index contributed by atoms with van der Waals surface area (Å²) in [6.45, 7) is 4.40. The topological polar surface area (TPSA) is 0 Å². The highest BCUT2D eigenvalue weighted by Gasteiger charge is 2.49. The zero-order valence-corrected chi connectivity index (χ0v) is 16.3. The first-order valence-corrected chi connectivity index (χ1v) is 10.1. The second kappa shape index (κ2) is 5.45. The van der Waals surface area contributed by atoms with Gasteiger partial charge in [-0.3, -0.25) is 0 Å². The molecule has 0 fully saturated rings. The SMILES string of the molecule is Cc1ccc2c(c1)-c1cc(C)ccc1C21c2ccccc2Cc2ccccc21. The summed E-state index contributed by atoms with van der Waals surface area (Å²) in [5.74, 6) is 0. The maximum atomic E-state index is 2.38. The van der Waals surface area contributed by atoms with Crippen molar-refractivity contribution in [3.05, 3.63) is 129 Å². The van der Waals surface area contributed by atoms with Gasteiger partial charge in [-0.15, -0.1) is 0 Å². The molecule has 0 heteroatoms. The molecular weight excluding hydrogens is 336 g/mol. The maximum Gasteiger partial charge on any atom is 0.0719 e. The first-order valence-electron chi connectivity index (χ1n) is 10.1. The molecule has 0 aliphatic heterocycles. The van der Waals surface area contributed by atoms with Crippen LogP contribution in [0.1, 0.15) is 44.5 Å². The van der Waals surface area contributed by atoms with Gasteiger partial charge in [-0.25, -0.2) is 0 Å². The lowest BCUT2D eigenvalue weighted by Crippen LogP contribution is -2.34. The molecule has 0 saturated heterocycles. The minimum Gasteiger partial charge on any atom is -0.0620 e. The third-order valence-electron chi connectivity index (χ3n) is 6.67. The molecule has 0 unspecified atom stereocenters. The minimum absolute atomic E-state index is 0.211. The summed E-state index contributed by atoms with van der Waals surface area (Å²) in [7, 11) is 0. The van der Waals surface area contributed by atoms with E-state index in [2.05, 4.69) is 98.8 Å². The van der Waals surface area contributed by atoms with Crippen LogP contribution in [-0.2, 0) is 11.8 Å². The van der Waals surface area contributed by atoms with E-state index in [0.29, 0.717) is 0 Å². The summed E-state index contributed by atoms with van der Waals surface area (Å²) in [5.41, 5.74) is 13.9.